The lowest BCUT2D eigenvalue weighted by molar-refractivity contribution is -0.137. The van der Waals surface area contributed by atoms with Crippen LogP contribution in [0.2, 0.25) is 5.02 Å². The second-order valence-corrected chi connectivity index (χ2v) is 3.74. The molecule has 3 nitrogen and oxygen atoms in total. The lowest BCUT2D eigenvalue weighted by atomic mass is 9.96. The van der Waals surface area contributed by atoms with Gasteiger partial charge in [-0.3, -0.25) is 9.78 Å². The Kier molecular flexibility index (Phi) is 3.47. The molecule has 1 heterocycles. The molecule has 1 unspecified atom stereocenters. The maximum absolute atomic E-state index is 10.5. The Morgan fingerprint density at radius 3 is 2.86 bits per heavy atom. The Bertz CT molecular complexity index is 352. The molecule has 0 saturated heterocycles. The molecule has 1 rings (SSSR count). The fourth-order valence-corrected chi connectivity index (χ4v) is 1.55. The summed E-state index contributed by atoms with van der Waals surface area (Å²) in [6, 6.07) is 0. The summed E-state index contributed by atoms with van der Waals surface area (Å²) in [5, 5.41) is 9.24. The van der Waals surface area contributed by atoms with E-state index >= 15 is 0 Å². The van der Waals surface area contributed by atoms with Crippen LogP contribution in [-0.2, 0) is 4.79 Å². The van der Waals surface area contributed by atoms with Crippen molar-refractivity contribution in [1.82, 2.24) is 4.98 Å². The summed E-state index contributed by atoms with van der Waals surface area (Å²) in [5.74, 6) is -0.865. The number of carboxylic acids is 1. The Balaban J connectivity index is 2.95. The number of aliphatic carboxylic acids is 1. The van der Waals surface area contributed by atoms with Crippen molar-refractivity contribution in [2.45, 2.75) is 26.2 Å². The van der Waals surface area contributed by atoms with Crippen molar-refractivity contribution in [3.05, 3.63) is 28.5 Å². The van der Waals surface area contributed by atoms with E-state index in [-0.39, 0.29) is 12.3 Å². The molecule has 14 heavy (non-hydrogen) atoms. The van der Waals surface area contributed by atoms with Crippen molar-refractivity contribution in [3.8, 4) is 0 Å². The molecule has 0 fully saturated rings. The summed E-state index contributed by atoms with van der Waals surface area (Å²) in [4.78, 5) is 14.5. The van der Waals surface area contributed by atoms with Gasteiger partial charge in [-0.1, -0.05) is 18.5 Å². The minimum absolute atomic E-state index is 0.0568. The zero-order chi connectivity index (χ0) is 10.7. The first kappa shape index (κ1) is 11.0. The number of carbonyl (C=O) groups is 1. The highest BCUT2D eigenvalue weighted by Crippen LogP contribution is 2.26. The quantitative estimate of drug-likeness (QED) is 0.840. The van der Waals surface area contributed by atoms with Gasteiger partial charge in [-0.05, 0) is 24.0 Å². The summed E-state index contributed by atoms with van der Waals surface area (Å²) in [6.07, 6.45) is 3.34. The van der Waals surface area contributed by atoms with Gasteiger partial charge in [-0.25, -0.2) is 0 Å². The van der Waals surface area contributed by atoms with E-state index in [1.807, 2.05) is 13.8 Å². The average Bonchev–Trinajstić information content (AvgIpc) is 2.08. The van der Waals surface area contributed by atoms with Crippen molar-refractivity contribution in [2.75, 3.05) is 0 Å². The number of nitrogens with zero attached hydrogens (tertiary/aromatic N) is 1. The van der Waals surface area contributed by atoms with Crippen LogP contribution in [0.15, 0.2) is 12.4 Å². The number of halogens is 1. The van der Waals surface area contributed by atoms with Gasteiger partial charge >= 0.3 is 5.97 Å². The molecule has 4 heteroatoms. The summed E-state index contributed by atoms with van der Waals surface area (Å²) in [5.41, 5.74) is 1.82. The molecule has 0 aliphatic heterocycles. The highest BCUT2D eigenvalue weighted by Gasteiger charge is 2.13. The van der Waals surface area contributed by atoms with Gasteiger partial charge in [0, 0.05) is 12.4 Å². The van der Waals surface area contributed by atoms with E-state index < -0.39 is 5.97 Å². The van der Waals surface area contributed by atoms with Gasteiger partial charge in [-0.15, -0.1) is 0 Å². The second kappa shape index (κ2) is 4.42. The maximum Gasteiger partial charge on any atom is 0.303 e. The fourth-order valence-electron chi connectivity index (χ4n) is 1.38. The third-order valence-electron chi connectivity index (χ3n) is 2.20. The molecule has 0 amide bonds. The first-order valence-electron chi connectivity index (χ1n) is 4.34. The van der Waals surface area contributed by atoms with Crippen molar-refractivity contribution in [1.29, 1.82) is 0 Å². The molecule has 1 atom stereocenters. The fraction of sp³-hybridized carbons (Fsp3) is 0.400. The van der Waals surface area contributed by atoms with E-state index in [0.717, 1.165) is 11.1 Å². The molecule has 0 radical (unpaired) electrons. The summed E-state index contributed by atoms with van der Waals surface area (Å²) in [6.45, 7) is 3.73. The molecule has 0 aromatic carbocycles. The highest BCUT2D eigenvalue weighted by atomic mass is 35.5. The molecule has 0 bridgehead atoms. The molecule has 0 aliphatic rings. The minimum atomic E-state index is -0.808. The van der Waals surface area contributed by atoms with Gasteiger partial charge in [0.25, 0.3) is 0 Å². The Labute approximate surface area is 87.7 Å². The van der Waals surface area contributed by atoms with Crippen LogP contribution < -0.4 is 0 Å². The number of hydrogen-bond acceptors (Lipinski definition) is 2. The molecular weight excluding hydrogens is 202 g/mol. The van der Waals surface area contributed by atoms with Crippen molar-refractivity contribution in [3.63, 3.8) is 0 Å². The van der Waals surface area contributed by atoms with Crippen LogP contribution in [0.3, 0.4) is 0 Å². The van der Waals surface area contributed by atoms with Crippen molar-refractivity contribution >= 4 is 17.6 Å². The van der Waals surface area contributed by atoms with E-state index in [0.29, 0.717) is 5.02 Å². The molecular formula is C10H12ClNO2. The van der Waals surface area contributed by atoms with E-state index in [1.54, 1.807) is 12.4 Å². The molecule has 1 aromatic rings. The van der Waals surface area contributed by atoms with Gasteiger partial charge in [0.1, 0.15) is 0 Å². The number of hydrogen-bond donors (Lipinski definition) is 1. The first-order chi connectivity index (χ1) is 6.52. The smallest absolute Gasteiger partial charge is 0.303 e. The Morgan fingerprint density at radius 1 is 1.64 bits per heavy atom. The zero-order valence-electron chi connectivity index (χ0n) is 8.12. The van der Waals surface area contributed by atoms with Crippen molar-refractivity contribution < 1.29 is 9.90 Å². The van der Waals surface area contributed by atoms with E-state index in [1.165, 1.54) is 0 Å². The summed E-state index contributed by atoms with van der Waals surface area (Å²) >= 11 is 5.88. The van der Waals surface area contributed by atoms with E-state index in [9.17, 15) is 4.79 Å². The molecule has 0 spiro atoms. The standard InChI is InChI=1S/C10H12ClNO2/c1-6(3-10(13)14)8-4-12-5-9(11)7(8)2/h4-6H,3H2,1-2H3,(H,13,14). The van der Waals surface area contributed by atoms with Crippen LogP contribution in [0.4, 0.5) is 0 Å². The monoisotopic (exact) mass is 213 g/mol. The normalized spacial score (nSPS) is 12.5. The molecule has 0 aliphatic carbocycles. The highest BCUT2D eigenvalue weighted by molar-refractivity contribution is 6.31. The molecule has 1 N–H and O–H groups in total. The van der Waals surface area contributed by atoms with Crippen LogP contribution >= 0.6 is 11.6 Å². The van der Waals surface area contributed by atoms with Crippen LogP contribution in [0.25, 0.3) is 0 Å². The molecule has 76 valence electrons. The van der Waals surface area contributed by atoms with Gasteiger partial charge in [0.15, 0.2) is 0 Å². The summed E-state index contributed by atoms with van der Waals surface area (Å²) < 4.78 is 0. The van der Waals surface area contributed by atoms with Gasteiger partial charge in [0.2, 0.25) is 0 Å². The second-order valence-electron chi connectivity index (χ2n) is 3.33. The lowest BCUT2D eigenvalue weighted by Crippen LogP contribution is -2.05. The van der Waals surface area contributed by atoms with Crippen LogP contribution in [-0.4, -0.2) is 16.1 Å². The van der Waals surface area contributed by atoms with Crippen molar-refractivity contribution in [2.24, 2.45) is 0 Å². The SMILES string of the molecule is Cc1c(Cl)cncc1C(C)CC(=O)O. The van der Waals surface area contributed by atoms with Crippen LogP contribution in [0, 0.1) is 6.92 Å². The average molecular weight is 214 g/mol. The first-order valence-corrected chi connectivity index (χ1v) is 4.72. The predicted octanol–water partition coefficient (Wildman–Crippen LogP) is 2.62. The molecule has 0 saturated carbocycles. The van der Waals surface area contributed by atoms with E-state index in [2.05, 4.69) is 4.98 Å². The van der Waals surface area contributed by atoms with Gasteiger partial charge < -0.3 is 5.11 Å². The number of aromatic nitrogens is 1. The lowest BCUT2D eigenvalue weighted by Gasteiger charge is -2.12. The molecule has 1 aromatic heterocycles. The summed E-state index contributed by atoms with van der Waals surface area (Å²) in [7, 11) is 0. The van der Waals surface area contributed by atoms with Crippen LogP contribution in [0.5, 0.6) is 0 Å². The number of rotatable bonds is 3. The number of pyridine rings is 1. The Morgan fingerprint density at radius 2 is 2.29 bits per heavy atom. The predicted molar refractivity (Wildman–Crippen MR) is 54.7 cm³/mol. The maximum atomic E-state index is 10.5. The Hall–Kier alpha value is -1.09. The third kappa shape index (κ3) is 2.45. The van der Waals surface area contributed by atoms with Crippen LogP contribution in [0.1, 0.15) is 30.4 Å². The topological polar surface area (TPSA) is 50.2 Å². The number of carboxylic acid groups (broad SMARTS) is 1. The van der Waals surface area contributed by atoms with Gasteiger partial charge in [-0.2, -0.15) is 0 Å². The minimum Gasteiger partial charge on any atom is -0.481 e. The largest absolute Gasteiger partial charge is 0.481 e. The third-order valence-corrected chi connectivity index (χ3v) is 2.59. The van der Waals surface area contributed by atoms with E-state index in [4.69, 9.17) is 16.7 Å². The van der Waals surface area contributed by atoms with Gasteiger partial charge in [0.05, 0.1) is 11.4 Å². The zero-order valence-corrected chi connectivity index (χ0v) is 8.88.